The van der Waals surface area contributed by atoms with Gasteiger partial charge in [-0.1, -0.05) is 18.2 Å². The molecule has 0 aliphatic carbocycles. The lowest BCUT2D eigenvalue weighted by Gasteiger charge is -2.08. The summed E-state index contributed by atoms with van der Waals surface area (Å²) in [4.78, 5) is 12.1. The van der Waals surface area contributed by atoms with E-state index in [2.05, 4.69) is 10.4 Å². The minimum Gasteiger partial charge on any atom is -0.322 e. The summed E-state index contributed by atoms with van der Waals surface area (Å²) in [6, 6.07) is 9.34. The fourth-order valence-electron chi connectivity index (χ4n) is 2.51. The van der Waals surface area contributed by atoms with Gasteiger partial charge in [0, 0.05) is 17.4 Å². The van der Waals surface area contributed by atoms with Crippen LogP contribution in [-0.2, 0) is 0 Å². The van der Waals surface area contributed by atoms with Crippen LogP contribution in [0.25, 0.3) is 11.1 Å². The first-order valence-corrected chi connectivity index (χ1v) is 7.56. The number of rotatable bonds is 4. The molecule has 3 rings (SSSR count). The number of anilines is 1. The van der Waals surface area contributed by atoms with Crippen molar-refractivity contribution in [2.75, 3.05) is 5.32 Å². The minimum atomic E-state index is -2.74. The van der Waals surface area contributed by atoms with Gasteiger partial charge in [-0.3, -0.25) is 4.79 Å². The number of carbonyl (C=O) groups is 1. The van der Waals surface area contributed by atoms with Crippen molar-refractivity contribution in [1.82, 2.24) is 9.78 Å². The second kappa shape index (κ2) is 6.99. The van der Waals surface area contributed by atoms with Crippen molar-refractivity contribution in [2.45, 2.75) is 13.5 Å². The lowest BCUT2D eigenvalue weighted by atomic mass is 10.1. The van der Waals surface area contributed by atoms with Crippen LogP contribution in [-0.4, -0.2) is 15.7 Å². The van der Waals surface area contributed by atoms with Gasteiger partial charge in [-0.25, -0.2) is 13.5 Å². The van der Waals surface area contributed by atoms with Crippen LogP contribution in [0.15, 0.2) is 48.7 Å². The van der Waals surface area contributed by atoms with Crippen molar-refractivity contribution in [2.24, 2.45) is 0 Å². The van der Waals surface area contributed by atoms with Crippen molar-refractivity contribution in [3.63, 3.8) is 0 Å². The molecule has 2 aromatic carbocycles. The van der Waals surface area contributed by atoms with Crippen molar-refractivity contribution >= 4 is 11.6 Å². The summed E-state index contributed by atoms with van der Waals surface area (Å²) in [6.45, 7) is -1.14. The zero-order valence-corrected chi connectivity index (χ0v) is 13.5. The Morgan fingerprint density at radius 3 is 2.23 bits per heavy atom. The number of carbonyl (C=O) groups excluding carboxylic acids is 1. The number of benzene rings is 2. The Morgan fingerprint density at radius 1 is 1.08 bits per heavy atom. The van der Waals surface area contributed by atoms with E-state index in [0.717, 1.165) is 18.2 Å². The third-order valence-corrected chi connectivity index (χ3v) is 3.76. The fourth-order valence-corrected chi connectivity index (χ4v) is 2.51. The first kappa shape index (κ1) is 17.7. The summed E-state index contributed by atoms with van der Waals surface area (Å²) in [7, 11) is 0. The van der Waals surface area contributed by atoms with E-state index in [0.29, 0.717) is 27.2 Å². The van der Waals surface area contributed by atoms with Gasteiger partial charge in [-0.2, -0.15) is 13.9 Å². The third-order valence-electron chi connectivity index (χ3n) is 3.76. The predicted octanol–water partition coefficient (Wildman–Crippen LogP) is 4.78. The molecule has 134 valence electrons. The maximum atomic E-state index is 13.6. The van der Waals surface area contributed by atoms with E-state index in [1.54, 1.807) is 19.1 Å². The van der Waals surface area contributed by atoms with Crippen LogP contribution in [0, 0.1) is 18.6 Å². The molecule has 1 heterocycles. The third kappa shape index (κ3) is 3.44. The number of aryl methyl sites for hydroxylation is 1. The van der Waals surface area contributed by atoms with Gasteiger partial charge in [0.2, 0.25) is 0 Å². The van der Waals surface area contributed by atoms with Gasteiger partial charge in [0.15, 0.2) is 0 Å². The lowest BCUT2D eigenvalue weighted by molar-refractivity contribution is 0.0563. The van der Waals surface area contributed by atoms with Gasteiger partial charge < -0.3 is 5.32 Å². The van der Waals surface area contributed by atoms with Crippen LogP contribution in [0.3, 0.4) is 0 Å². The first-order valence-electron chi connectivity index (χ1n) is 7.56. The zero-order chi connectivity index (χ0) is 18.8. The Labute approximate surface area is 146 Å². The van der Waals surface area contributed by atoms with Gasteiger partial charge >= 0.3 is 6.55 Å². The quantitative estimate of drug-likeness (QED) is 0.678. The normalized spacial score (nSPS) is 11.0. The standard InChI is InChI=1S/C18H13F4N3O/c1-10-13(9-25(24-10)18(21)22)11-5-7-12(8-6-11)23-17(26)16-14(19)3-2-4-15(16)20/h2-9,18H,1H3,(H,23,26). The molecule has 0 fully saturated rings. The molecule has 0 unspecified atom stereocenters. The van der Waals surface area contributed by atoms with Crippen LogP contribution >= 0.6 is 0 Å². The van der Waals surface area contributed by atoms with Gasteiger partial charge in [-0.15, -0.1) is 0 Å². The number of nitrogens with one attached hydrogen (secondary N) is 1. The number of halogens is 4. The Kier molecular flexibility index (Phi) is 4.75. The topological polar surface area (TPSA) is 46.9 Å². The molecule has 8 heteroatoms. The first-order chi connectivity index (χ1) is 12.4. The summed E-state index contributed by atoms with van der Waals surface area (Å²) in [5.74, 6) is -2.85. The Bertz CT molecular complexity index is 931. The fraction of sp³-hybridized carbons (Fsp3) is 0.111. The van der Waals surface area contributed by atoms with Crippen LogP contribution < -0.4 is 5.32 Å². The largest absolute Gasteiger partial charge is 0.333 e. The predicted molar refractivity (Wildman–Crippen MR) is 88.0 cm³/mol. The van der Waals surface area contributed by atoms with E-state index >= 15 is 0 Å². The molecule has 0 radical (unpaired) electrons. The Morgan fingerprint density at radius 2 is 1.69 bits per heavy atom. The molecule has 1 amide bonds. The van der Waals surface area contributed by atoms with Crippen LogP contribution in [0.1, 0.15) is 22.6 Å². The number of aromatic nitrogens is 2. The average Bonchev–Trinajstić information content (AvgIpc) is 2.97. The van der Waals surface area contributed by atoms with Crippen molar-refractivity contribution in [3.05, 3.63) is 71.6 Å². The number of nitrogens with zero attached hydrogens (tertiary/aromatic N) is 2. The highest BCUT2D eigenvalue weighted by molar-refractivity contribution is 6.04. The molecule has 0 aliphatic heterocycles. The van der Waals surface area contributed by atoms with E-state index in [4.69, 9.17) is 0 Å². The lowest BCUT2D eigenvalue weighted by Crippen LogP contribution is -2.15. The highest BCUT2D eigenvalue weighted by atomic mass is 19.3. The highest BCUT2D eigenvalue weighted by Gasteiger charge is 2.17. The van der Waals surface area contributed by atoms with Crippen LogP contribution in [0.4, 0.5) is 23.2 Å². The van der Waals surface area contributed by atoms with Crippen molar-refractivity contribution < 1.29 is 22.4 Å². The number of hydrogen-bond donors (Lipinski definition) is 1. The minimum absolute atomic E-state index is 0.306. The van der Waals surface area contributed by atoms with Gasteiger partial charge in [0.05, 0.1) is 5.69 Å². The monoisotopic (exact) mass is 363 g/mol. The molecule has 4 nitrogen and oxygen atoms in total. The van der Waals surface area contributed by atoms with Crippen LogP contribution in [0.5, 0.6) is 0 Å². The smallest absolute Gasteiger partial charge is 0.322 e. The summed E-state index contributed by atoms with van der Waals surface area (Å²) in [6.07, 6.45) is 1.22. The van der Waals surface area contributed by atoms with E-state index in [9.17, 15) is 22.4 Å². The van der Waals surface area contributed by atoms with Crippen molar-refractivity contribution in [3.8, 4) is 11.1 Å². The molecule has 1 aromatic heterocycles. The van der Waals surface area contributed by atoms with E-state index in [-0.39, 0.29) is 0 Å². The van der Waals surface area contributed by atoms with E-state index < -0.39 is 29.7 Å². The molecule has 3 aromatic rings. The number of amides is 1. The highest BCUT2D eigenvalue weighted by Crippen LogP contribution is 2.26. The zero-order valence-electron chi connectivity index (χ0n) is 13.5. The van der Waals surface area contributed by atoms with Gasteiger partial charge in [-0.05, 0) is 36.8 Å². The maximum Gasteiger partial charge on any atom is 0.333 e. The molecule has 1 N–H and O–H groups in total. The molecule has 26 heavy (non-hydrogen) atoms. The van der Waals surface area contributed by atoms with Gasteiger partial charge in [0.25, 0.3) is 5.91 Å². The average molecular weight is 363 g/mol. The molecular formula is C18H13F4N3O. The molecule has 0 saturated heterocycles. The van der Waals surface area contributed by atoms with E-state index in [1.807, 2.05) is 0 Å². The summed E-state index contributed by atoms with van der Waals surface area (Å²) < 4.78 is 53.2. The maximum absolute atomic E-state index is 13.6. The second-order valence-corrected chi connectivity index (χ2v) is 5.51. The number of alkyl halides is 2. The second-order valence-electron chi connectivity index (χ2n) is 5.51. The molecule has 0 saturated carbocycles. The van der Waals surface area contributed by atoms with Crippen LogP contribution in [0.2, 0.25) is 0 Å². The van der Waals surface area contributed by atoms with E-state index in [1.165, 1.54) is 18.3 Å². The Balaban J connectivity index is 1.81. The summed E-state index contributed by atoms with van der Waals surface area (Å²) in [5.41, 5.74) is 1.19. The Hall–Kier alpha value is -3.16. The molecule has 0 bridgehead atoms. The number of hydrogen-bond acceptors (Lipinski definition) is 2. The van der Waals surface area contributed by atoms with Gasteiger partial charge in [0.1, 0.15) is 17.2 Å². The molecule has 0 atom stereocenters. The summed E-state index contributed by atoms with van der Waals surface area (Å²) >= 11 is 0. The SMILES string of the molecule is Cc1nn(C(F)F)cc1-c1ccc(NC(=O)c2c(F)cccc2F)cc1. The molecule has 0 aliphatic rings. The van der Waals surface area contributed by atoms with Crippen molar-refractivity contribution in [1.29, 1.82) is 0 Å². The summed E-state index contributed by atoms with van der Waals surface area (Å²) in [5, 5.41) is 6.13. The molecule has 0 spiro atoms. The molecular weight excluding hydrogens is 350 g/mol.